The summed E-state index contributed by atoms with van der Waals surface area (Å²) >= 11 is 17.3. The summed E-state index contributed by atoms with van der Waals surface area (Å²) in [5, 5.41) is 11.4. The van der Waals surface area contributed by atoms with E-state index < -0.39 is 0 Å². The number of H-pyrrole nitrogens is 1. The summed E-state index contributed by atoms with van der Waals surface area (Å²) in [4.78, 5) is 5.61. The molecule has 1 aromatic heterocycles. The van der Waals surface area contributed by atoms with Crippen molar-refractivity contribution in [1.82, 2.24) is 4.98 Å². The van der Waals surface area contributed by atoms with Crippen molar-refractivity contribution >= 4 is 57.6 Å². The molecule has 122 valence electrons. The molecule has 3 aromatic rings. The molecule has 0 aliphatic heterocycles. The maximum atomic E-state index is 9.95. The van der Waals surface area contributed by atoms with Crippen molar-refractivity contribution in [1.29, 1.82) is 0 Å². The van der Waals surface area contributed by atoms with Gasteiger partial charge in [-0.15, -0.1) is 0 Å². The van der Waals surface area contributed by atoms with Gasteiger partial charge in [-0.2, -0.15) is 0 Å². The summed E-state index contributed by atoms with van der Waals surface area (Å²) < 4.78 is 0.502. The van der Waals surface area contributed by atoms with Gasteiger partial charge in [0.25, 0.3) is 0 Å². The topological polar surface area (TPSA) is 39.3 Å². The van der Waals surface area contributed by atoms with Crippen molar-refractivity contribution in [2.24, 2.45) is 0 Å². The molecule has 0 aliphatic carbocycles. The first-order chi connectivity index (χ1) is 11.5. The van der Waals surface area contributed by atoms with Crippen molar-refractivity contribution in [2.45, 2.75) is 6.61 Å². The van der Waals surface area contributed by atoms with Crippen molar-refractivity contribution in [2.75, 3.05) is 11.9 Å². The average Bonchev–Trinajstić information content (AvgIpc) is 2.60. The van der Waals surface area contributed by atoms with Crippen LogP contribution in [0.15, 0.2) is 48.5 Å². The zero-order valence-corrected chi connectivity index (χ0v) is 15.3. The van der Waals surface area contributed by atoms with E-state index in [9.17, 15) is 5.11 Å². The zero-order valence-electron chi connectivity index (χ0n) is 12.9. The average molecular weight is 375 g/mol. The normalized spacial score (nSPS) is 10.8. The van der Waals surface area contributed by atoms with Gasteiger partial charge in [0.15, 0.2) is 0 Å². The van der Waals surface area contributed by atoms with E-state index >= 15 is 0 Å². The number of aromatic nitrogens is 1. The van der Waals surface area contributed by atoms with Gasteiger partial charge in [0.05, 0.1) is 12.2 Å². The number of rotatable bonds is 3. The highest BCUT2D eigenvalue weighted by molar-refractivity contribution is 7.81. The number of aliphatic hydroxyl groups excluding tert-OH is 1. The van der Waals surface area contributed by atoms with Gasteiger partial charge < -0.3 is 15.0 Å². The van der Waals surface area contributed by atoms with E-state index in [1.165, 1.54) is 0 Å². The maximum Gasteiger partial charge on any atom is 0.116 e. The minimum absolute atomic E-state index is 0.173. The van der Waals surface area contributed by atoms with E-state index in [-0.39, 0.29) is 6.61 Å². The number of hydrogen-bond donors (Lipinski definition) is 2. The number of nitrogens with one attached hydrogen (secondary N) is 1. The summed E-state index contributed by atoms with van der Waals surface area (Å²) in [6, 6.07) is 15.2. The molecule has 2 aromatic carbocycles. The van der Waals surface area contributed by atoms with Gasteiger partial charge in [-0.1, -0.05) is 54.2 Å². The van der Waals surface area contributed by atoms with Gasteiger partial charge in [-0.25, -0.2) is 0 Å². The molecule has 6 heteroatoms. The molecule has 0 atom stereocenters. The largest absolute Gasteiger partial charge is 0.392 e. The molecule has 0 spiro atoms. The minimum atomic E-state index is -0.173. The smallest absolute Gasteiger partial charge is 0.116 e. The van der Waals surface area contributed by atoms with Gasteiger partial charge in [0.1, 0.15) is 9.63 Å². The molecule has 0 aliphatic rings. The van der Waals surface area contributed by atoms with Crippen molar-refractivity contribution in [3.8, 4) is 0 Å². The number of benzene rings is 2. The maximum absolute atomic E-state index is 9.95. The highest BCUT2D eigenvalue weighted by atomic mass is 35.5. The number of anilines is 1. The third kappa shape index (κ3) is 3.08. The van der Waals surface area contributed by atoms with Gasteiger partial charge in [-0.3, -0.25) is 0 Å². The minimum Gasteiger partial charge on any atom is -0.392 e. The van der Waals surface area contributed by atoms with E-state index in [0.717, 1.165) is 16.6 Å². The number of hydrogen-bond acceptors (Lipinski definition) is 3. The van der Waals surface area contributed by atoms with Crippen LogP contribution in [0.3, 0.4) is 0 Å². The lowest BCUT2D eigenvalue weighted by Gasteiger charge is -2.22. The molecule has 24 heavy (non-hydrogen) atoms. The van der Waals surface area contributed by atoms with Crippen LogP contribution in [-0.4, -0.2) is 22.1 Å². The van der Waals surface area contributed by atoms with Crippen LogP contribution in [0.25, 0.3) is 10.9 Å². The van der Waals surface area contributed by atoms with Gasteiger partial charge in [-0.05, 0) is 35.9 Å². The number of aromatic amines is 1. The number of thiocarbonyl (C=S) groups is 1. The second-order valence-electron chi connectivity index (χ2n) is 5.36. The molecule has 2 N–H and O–H groups in total. The van der Waals surface area contributed by atoms with E-state index in [4.69, 9.17) is 36.0 Å². The Hall–Kier alpha value is -1.79. The first-order valence-corrected chi connectivity index (χ1v) is 8.50. The standard InChI is InChI=1S/C18H15ClN2OS2/c1-21(12-5-3-2-4-6-12)18(24)16-14(10-22)13-9-11(19)7-8-15(13)20-17(16)23/h2-9,22H,10H2,1H3,(H,20,23). The quantitative estimate of drug-likeness (QED) is 0.642. The molecular formula is C18H15ClN2OS2. The Morgan fingerprint density at radius 3 is 2.58 bits per heavy atom. The van der Waals surface area contributed by atoms with E-state index in [1.54, 1.807) is 6.07 Å². The number of halogens is 1. The molecule has 3 nitrogen and oxygen atoms in total. The molecule has 0 amide bonds. The van der Waals surface area contributed by atoms with Crippen LogP contribution in [-0.2, 0) is 6.61 Å². The van der Waals surface area contributed by atoms with Crippen molar-refractivity contribution in [3.63, 3.8) is 0 Å². The molecule has 0 fully saturated rings. The Bertz CT molecular complexity index is 970. The molecule has 0 radical (unpaired) electrons. The SMILES string of the molecule is CN(C(=S)c1c(CO)c2cc(Cl)ccc2[nH]c1=S)c1ccccc1. The number of nitrogens with zero attached hydrogens (tertiary/aromatic N) is 1. The lowest BCUT2D eigenvalue weighted by molar-refractivity contribution is 0.283. The first kappa shape index (κ1) is 17.0. The number of fused-ring (bicyclic) bond motifs is 1. The second-order valence-corrected chi connectivity index (χ2v) is 6.59. The molecular weight excluding hydrogens is 360 g/mol. The summed E-state index contributed by atoms with van der Waals surface area (Å²) in [7, 11) is 1.88. The van der Waals surface area contributed by atoms with Crippen LogP contribution in [0.5, 0.6) is 0 Å². The Morgan fingerprint density at radius 2 is 1.92 bits per heavy atom. The number of para-hydroxylation sites is 1. The predicted molar refractivity (Wildman–Crippen MR) is 107 cm³/mol. The Balaban J connectivity index is 2.20. The number of pyridine rings is 1. The third-order valence-electron chi connectivity index (χ3n) is 3.90. The molecule has 0 bridgehead atoms. The van der Waals surface area contributed by atoms with Gasteiger partial charge >= 0.3 is 0 Å². The van der Waals surface area contributed by atoms with Crippen LogP contribution in [0.2, 0.25) is 5.02 Å². The molecule has 0 saturated heterocycles. The molecule has 1 heterocycles. The van der Waals surface area contributed by atoms with Crippen molar-refractivity contribution in [3.05, 3.63) is 69.3 Å². The fourth-order valence-corrected chi connectivity index (χ4v) is 3.56. The van der Waals surface area contributed by atoms with E-state index in [0.29, 0.717) is 25.8 Å². The summed E-state index contributed by atoms with van der Waals surface area (Å²) in [6.07, 6.45) is 0. The summed E-state index contributed by atoms with van der Waals surface area (Å²) in [5.41, 5.74) is 3.11. The van der Waals surface area contributed by atoms with E-state index in [1.807, 2.05) is 54.4 Å². The fourth-order valence-electron chi connectivity index (χ4n) is 2.66. The van der Waals surface area contributed by atoms with Crippen LogP contribution < -0.4 is 4.90 Å². The van der Waals surface area contributed by atoms with Crippen LogP contribution in [0.1, 0.15) is 11.1 Å². The summed E-state index contributed by atoms with van der Waals surface area (Å²) in [5.74, 6) is 0. The molecule has 0 unspecified atom stereocenters. The fraction of sp³-hybridized carbons (Fsp3) is 0.111. The Kier molecular flexibility index (Phi) is 4.96. The first-order valence-electron chi connectivity index (χ1n) is 7.31. The Labute approximate surface area is 155 Å². The lowest BCUT2D eigenvalue weighted by Crippen LogP contribution is -2.27. The highest BCUT2D eigenvalue weighted by Crippen LogP contribution is 2.27. The lowest BCUT2D eigenvalue weighted by atomic mass is 10.0. The molecule has 0 saturated carbocycles. The van der Waals surface area contributed by atoms with Gasteiger partial charge in [0, 0.05) is 28.7 Å². The van der Waals surface area contributed by atoms with Crippen LogP contribution in [0.4, 0.5) is 5.69 Å². The van der Waals surface area contributed by atoms with Gasteiger partial charge in [0.2, 0.25) is 0 Å². The second kappa shape index (κ2) is 6.99. The zero-order chi connectivity index (χ0) is 17.3. The van der Waals surface area contributed by atoms with E-state index in [2.05, 4.69) is 4.98 Å². The number of aliphatic hydroxyl groups is 1. The monoisotopic (exact) mass is 374 g/mol. The summed E-state index contributed by atoms with van der Waals surface area (Å²) in [6.45, 7) is -0.173. The van der Waals surface area contributed by atoms with Crippen LogP contribution >= 0.6 is 36.0 Å². The third-order valence-corrected chi connectivity index (χ3v) is 4.92. The van der Waals surface area contributed by atoms with Crippen LogP contribution in [0, 0.1) is 4.64 Å². The Morgan fingerprint density at radius 1 is 1.21 bits per heavy atom. The highest BCUT2D eigenvalue weighted by Gasteiger charge is 2.18. The predicted octanol–water partition coefficient (Wildman–Crippen LogP) is 4.85. The van der Waals surface area contributed by atoms with Crippen molar-refractivity contribution < 1.29 is 5.11 Å². The molecule has 3 rings (SSSR count).